The SMILES string of the molecule is C[C@H](CCC(=O)NCCN(CCN)CCN)[C@H]1CC[C@@H]2[C@@H]1CC[C@H]1[C@H]2CC[C@@H]2C[C@H](O)CC[C@@]21C. The zero-order valence-electron chi connectivity index (χ0n) is 22.6. The van der Waals surface area contributed by atoms with Crippen molar-refractivity contribution in [2.45, 2.75) is 90.6 Å². The van der Waals surface area contributed by atoms with E-state index in [1.165, 1.54) is 44.9 Å². The quantitative estimate of drug-likeness (QED) is 0.355. The highest BCUT2D eigenvalue weighted by Crippen LogP contribution is 2.64. The smallest absolute Gasteiger partial charge is 0.220 e. The summed E-state index contributed by atoms with van der Waals surface area (Å²) in [5.41, 5.74) is 11.8. The van der Waals surface area contributed by atoms with Crippen LogP contribution in [0.5, 0.6) is 0 Å². The van der Waals surface area contributed by atoms with E-state index in [-0.39, 0.29) is 12.0 Å². The first-order chi connectivity index (χ1) is 16.9. The minimum atomic E-state index is -0.0503. The molecule has 4 aliphatic rings. The van der Waals surface area contributed by atoms with Crippen molar-refractivity contribution >= 4 is 5.91 Å². The van der Waals surface area contributed by atoms with Crippen LogP contribution in [0, 0.1) is 46.8 Å². The van der Waals surface area contributed by atoms with Crippen LogP contribution in [0.2, 0.25) is 0 Å². The Hall–Kier alpha value is -0.690. The van der Waals surface area contributed by atoms with Crippen molar-refractivity contribution in [2.75, 3.05) is 39.3 Å². The summed E-state index contributed by atoms with van der Waals surface area (Å²) in [4.78, 5) is 14.7. The predicted octanol–water partition coefficient (Wildman–Crippen LogP) is 3.37. The molecule has 6 nitrogen and oxygen atoms in total. The van der Waals surface area contributed by atoms with Crippen molar-refractivity contribution < 1.29 is 9.90 Å². The minimum Gasteiger partial charge on any atom is -0.393 e. The molecule has 0 aromatic rings. The number of fused-ring (bicyclic) bond motifs is 5. The lowest BCUT2D eigenvalue weighted by Gasteiger charge is -2.59. The summed E-state index contributed by atoms with van der Waals surface area (Å²) in [6.45, 7) is 9.41. The van der Waals surface area contributed by atoms with Gasteiger partial charge in [-0.3, -0.25) is 9.69 Å². The number of nitrogens with two attached hydrogens (primary N) is 2. The topological polar surface area (TPSA) is 105 Å². The molecule has 6 N–H and O–H groups in total. The molecule has 0 radical (unpaired) electrons. The molecule has 0 bridgehead atoms. The molecule has 4 saturated carbocycles. The number of aliphatic hydroxyl groups excluding tert-OH is 1. The van der Waals surface area contributed by atoms with Gasteiger partial charge in [-0.1, -0.05) is 13.8 Å². The van der Waals surface area contributed by atoms with Gasteiger partial charge in [-0.05, 0) is 111 Å². The van der Waals surface area contributed by atoms with E-state index in [9.17, 15) is 9.90 Å². The maximum atomic E-state index is 12.5. The zero-order chi connectivity index (χ0) is 25.0. The number of nitrogens with one attached hydrogen (secondary N) is 1. The van der Waals surface area contributed by atoms with Gasteiger partial charge in [0, 0.05) is 45.7 Å². The van der Waals surface area contributed by atoms with Gasteiger partial charge < -0.3 is 21.9 Å². The Morgan fingerprint density at radius 1 is 1.00 bits per heavy atom. The fourth-order valence-electron chi connectivity index (χ4n) is 9.36. The molecule has 4 fully saturated rings. The summed E-state index contributed by atoms with van der Waals surface area (Å²) in [7, 11) is 0. The number of rotatable bonds is 11. The second-order valence-corrected chi connectivity index (χ2v) is 12.9. The Kier molecular flexibility index (Phi) is 9.56. The van der Waals surface area contributed by atoms with Crippen LogP contribution in [0.3, 0.4) is 0 Å². The van der Waals surface area contributed by atoms with Gasteiger partial charge in [-0.2, -0.15) is 0 Å². The molecule has 1 amide bonds. The molecule has 0 spiro atoms. The molecule has 6 heteroatoms. The molecule has 0 aliphatic heterocycles. The van der Waals surface area contributed by atoms with E-state index in [0.29, 0.717) is 37.4 Å². The van der Waals surface area contributed by atoms with Crippen LogP contribution in [-0.4, -0.2) is 61.3 Å². The summed E-state index contributed by atoms with van der Waals surface area (Å²) < 4.78 is 0. The largest absolute Gasteiger partial charge is 0.393 e. The van der Waals surface area contributed by atoms with Crippen LogP contribution >= 0.6 is 0 Å². The normalized spacial score (nSPS) is 39.5. The maximum absolute atomic E-state index is 12.5. The molecule has 0 aromatic carbocycles. The molecular formula is C29H54N4O2. The van der Waals surface area contributed by atoms with E-state index < -0.39 is 0 Å². The third-order valence-corrected chi connectivity index (χ3v) is 11.2. The standard InChI is InChI=1S/C29H54N4O2/c1-20(3-10-28(35)32-15-18-33(16-13-30)17-14-31)23-6-7-25-24(23)8-9-27-26(25)5-4-21-19-22(34)11-12-29(21,27)2/h20-27,34H,3-19,30-31H2,1-2H3,(H,32,35)/t20-,21-,22-,23-,24-,25-,26+,27+,29+/m1/s1. The highest BCUT2D eigenvalue weighted by atomic mass is 16.3. The number of nitrogens with zero attached hydrogens (tertiary/aromatic N) is 1. The van der Waals surface area contributed by atoms with Gasteiger partial charge >= 0.3 is 0 Å². The van der Waals surface area contributed by atoms with Crippen molar-refractivity contribution in [1.82, 2.24) is 10.2 Å². The number of carbonyl (C=O) groups is 1. The van der Waals surface area contributed by atoms with Gasteiger partial charge in [0.15, 0.2) is 0 Å². The van der Waals surface area contributed by atoms with Crippen LogP contribution in [0.15, 0.2) is 0 Å². The molecule has 4 rings (SSSR count). The monoisotopic (exact) mass is 490 g/mol. The second kappa shape index (κ2) is 12.2. The van der Waals surface area contributed by atoms with Crippen LogP contribution in [0.4, 0.5) is 0 Å². The fraction of sp³-hybridized carbons (Fsp3) is 0.966. The fourth-order valence-corrected chi connectivity index (χ4v) is 9.36. The van der Waals surface area contributed by atoms with Crippen molar-refractivity contribution in [1.29, 1.82) is 0 Å². The van der Waals surface area contributed by atoms with E-state index >= 15 is 0 Å². The predicted molar refractivity (Wildman–Crippen MR) is 143 cm³/mol. The first-order valence-electron chi connectivity index (χ1n) is 14.9. The third kappa shape index (κ3) is 6.08. The van der Waals surface area contributed by atoms with Gasteiger partial charge in [0.25, 0.3) is 0 Å². The van der Waals surface area contributed by atoms with E-state index in [0.717, 1.165) is 74.4 Å². The van der Waals surface area contributed by atoms with Gasteiger partial charge in [0.05, 0.1) is 6.10 Å². The Bertz CT molecular complexity index is 684. The van der Waals surface area contributed by atoms with Crippen LogP contribution in [0.25, 0.3) is 0 Å². The van der Waals surface area contributed by atoms with E-state index in [2.05, 4.69) is 24.1 Å². The van der Waals surface area contributed by atoms with Gasteiger partial charge in [-0.15, -0.1) is 0 Å². The second-order valence-electron chi connectivity index (χ2n) is 12.9. The minimum absolute atomic E-state index is 0.0503. The highest BCUT2D eigenvalue weighted by Gasteiger charge is 2.56. The van der Waals surface area contributed by atoms with Gasteiger partial charge in [0.1, 0.15) is 0 Å². The molecule has 9 atom stereocenters. The van der Waals surface area contributed by atoms with Gasteiger partial charge in [0.2, 0.25) is 5.91 Å². The lowest BCUT2D eigenvalue weighted by molar-refractivity contribution is -0.121. The van der Waals surface area contributed by atoms with Crippen LogP contribution in [0.1, 0.15) is 84.5 Å². The van der Waals surface area contributed by atoms with Crippen molar-refractivity contribution in [3.63, 3.8) is 0 Å². The molecule has 202 valence electrons. The van der Waals surface area contributed by atoms with Crippen LogP contribution in [-0.2, 0) is 4.79 Å². The average molecular weight is 491 g/mol. The number of carbonyl (C=O) groups excluding carboxylic acids is 1. The number of hydrogen-bond donors (Lipinski definition) is 4. The molecule has 0 heterocycles. The van der Waals surface area contributed by atoms with Crippen molar-refractivity contribution in [3.8, 4) is 0 Å². The van der Waals surface area contributed by atoms with Crippen molar-refractivity contribution in [2.24, 2.45) is 58.3 Å². The summed E-state index contributed by atoms with van der Waals surface area (Å²) in [6, 6.07) is 0. The summed E-state index contributed by atoms with van der Waals surface area (Å²) >= 11 is 0. The lowest BCUT2D eigenvalue weighted by atomic mass is 9.47. The first-order valence-corrected chi connectivity index (χ1v) is 14.9. The zero-order valence-corrected chi connectivity index (χ0v) is 22.6. The van der Waals surface area contributed by atoms with Crippen molar-refractivity contribution in [3.05, 3.63) is 0 Å². The summed E-state index contributed by atoms with van der Waals surface area (Å²) in [5.74, 6) is 5.97. The first kappa shape index (κ1) is 27.3. The summed E-state index contributed by atoms with van der Waals surface area (Å²) in [5, 5.41) is 13.4. The number of amides is 1. The molecule has 0 unspecified atom stereocenters. The molecule has 35 heavy (non-hydrogen) atoms. The highest BCUT2D eigenvalue weighted by molar-refractivity contribution is 5.75. The third-order valence-electron chi connectivity index (χ3n) is 11.2. The maximum Gasteiger partial charge on any atom is 0.220 e. The Labute approximate surface area is 214 Å². The summed E-state index contributed by atoms with van der Waals surface area (Å²) in [6.07, 6.45) is 13.2. The Balaban J connectivity index is 1.23. The average Bonchev–Trinajstić information content (AvgIpc) is 3.28. The van der Waals surface area contributed by atoms with E-state index in [1.807, 2.05) is 0 Å². The number of hydrogen-bond acceptors (Lipinski definition) is 5. The molecule has 4 aliphatic carbocycles. The van der Waals surface area contributed by atoms with Crippen LogP contribution < -0.4 is 16.8 Å². The van der Waals surface area contributed by atoms with E-state index in [1.54, 1.807) is 0 Å². The molecular weight excluding hydrogens is 436 g/mol. The van der Waals surface area contributed by atoms with E-state index in [4.69, 9.17) is 11.5 Å². The Morgan fingerprint density at radius 3 is 2.46 bits per heavy atom. The lowest BCUT2D eigenvalue weighted by Crippen LogP contribution is -2.52. The number of aliphatic hydroxyl groups is 1. The van der Waals surface area contributed by atoms with Gasteiger partial charge in [-0.25, -0.2) is 0 Å². The molecule has 0 saturated heterocycles. The Morgan fingerprint density at radius 2 is 1.71 bits per heavy atom. The molecule has 0 aromatic heterocycles.